The topological polar surface area (TPSA) is 34.4 Å². The fourth-order valence-electron chi connectivity index (χ4n) is 2.13. The van der Waals surface area contributed by atoms with Gasteiger partial charge < -0.3 is 14.5 Å². The lowest BCUT2D eigenvalue weighted by molar-refractivity contribution is -0.0245. The Labute approximate surface area is 97.2 Å². The zero-order chi connectivity index (χ0) is 11.4. The Morgan fingerprint density at radius 3 is 3.06 bits per heavy atom. The smallest absolute Gasteiger partial charge is 0.0947 e. The van der Waals surface area contributed by atoms with E-state index in [0.717, 1.165) is 26.0 Å². The van der Waals surface area contributed by atoms with Crippen molar-refractivity contribution >= 4 is 0 Å². The molecule has 0 saturated carbocycles. The van der Waals surface area contributed by atoms with Gasteiger partial charge in [0.1, 0.15) is 0 Å². The van der Waals surface area contributed by atoms with E-state index >= 15 is 0 Å². The van der Waals surface area contributed by atoms with Gasteiger partial charge in [0.15, 0.2) is 0 Å². The Morgan fingerprint density at radius 2 is 2.38 bits per heavy atom. The van der Waals surface area contributed by atoms with Crippen molar-refractivity contribution in [3.8, 4) is 0 Å². The van der Waals surface area contributed by atoms with E-state index < -0.39 is 0 Å². The van der Waals surface area contributed by atoms with Gasteiger partial charge in [0.05, 0.1) is 18.6 Å². The molecule has 0 spiro atoms. The minimum atomic E-state index is 0.413. The van der Waals surface area contributed by atoms with Crippen molar-refractivity contribution < 1.29 is 9.15 Å². The van der Waals surface area contributed by atoms with Crippen LogP contribution in [0, 0.1) is 5.92 Å². The van der Waals surface area contributed by atoms with E-state index in [2.05, 4.69) is 19.2 Å². The maximum absolute atomic E-state index is 5.75. The molecule has 3 nitrogen and oxygen atoms in total. The third-order valence-electron chi connectivity index (χ3n) is 3.23. The zero-order valence-electron chi connectivity index (χ0n) is 10.1. The molecule has 16 heavy (non-hydrogen) atoms. The van der Waals surface area contributed by atoms with Crippen molar-refractivity contribution in [3.63, 3.8) is 0 Å². The number of ether oxygens (including phenoxy) is 1. The normalized spacial score (nSPS) is 26.2. The van der Waals surface area contributed by atoms with Crippen molar-refractivity contribution in [1.29, 1.82) is 0 Å². The molecular formula is C13H21NO2. The summed E-state index contributed by atoms with van der Waals surface area (Å²) in [6, 6.07) is 2.59. The Balaban J connectivity index is 1.77. The van der Waals surface area contributed by atoms with Crippen molar-refractivity contribution in [1.82, 2.24) is 5.32 Å². The predicted molar refractivity (Wildman–Crippen MR) is 63.1 cm³/mol. The summed E-state index contributed by atoms with van der Waals surface area (Å²) in [5, 5.41) is 3.57. The molecule has 2 unspecified atom stereocenters. The largest absolute Gasteiger partial charge is 0.472 e. The lowest BCUT2D eigenvalue weighted by Crippen LogP contribution is -2.40. The zero-order valence-corrected chi connectivity index (χ0v) is 10.1. The number of hydrogen-bond donors (Lipinski definition) is 1. The molecule has 0 radical (unpaired) electrons. The SMILES string of the molecule is CC(C)C1CC(NCc2ccoc2)CCO1. The van der Waals surface area contributed by atoms with Gasteiger partial charge in [-0.05, 0) is 24.8 Å². The molecule has 90 valence electrons. The van der Waals surface area contributed by atoms with E-state index in [9.17, 15) is 0 Å². The first-order valence-corrected chi connectivity index (χ1v) is 6.12. The van der Waals surface area contributed by atoms with E-state index in [1.54, 1.807) is 12.5 Å². The summed E-state index contributed by atoms with van der Waals surface area (Å²) < 4.78 is 10.8. The van der Waals surface area contributed by atoms with Gasteiger partial charge in [0.25, 0.3) is 0 Å². The standard InChI is InChI=1S/C13H21NO2/c1-10(2)13-7-12(4-6-16-13)14-8-11-3-5-15-9-11/h3,5,9-10,12-14H,4,6-8H2,1-2H3. The van der Waals surface area contributed by atoms with Crippen molar-refractivity contribution in [2.75, 3.05) is 6.61 Å². The average molecular weight is 223 g/mol. The van der Waals surface area contributed by atoms with E-state index in [-0.39, 0.29) is 0 Å². The van der Waals surface area contributed by atoms with Gasteiger partial charge >= 0.3 is 0 Å². The fraction of sp³-hybridized carbons (Fsp3) is 0.692. The number of furan rings is 1. The van der Waals surface area contributed by atoms with Crippen LogP contribution in [0.25, 0.3) is 0 Å². The van der Waals surface area contributed by atoms with Gasteiger partial charge in [-0.3, -0.25) is 0 Å². The van der Waals surface area contributed by atoms with Gasteiger partial charge in [0.2, 0.25) is 0 Å². The molecule has 1 aromatic heterocycles. The second-order valence-electron chi connectivity index (χ2n) is 4.89. The molecule has 1 aromatic rings. The van der Waals surface area contributed by atoms with Crippen LogP contribution in [0.5, 0.6) is 0 Å². The average Bonchev–Trinajstić information content (AvgIpc) is 2.79. The van der Waals surface area contributed by atoms with Gasteiger partial charge in [-0.2, -0.15) is 0 Å². The van der Waals surface area contributed by atoms with Crippen molar-refractivity contribution in [3.05, 3.63) is 24.2 Å². The van der Waals surface area contributed by atoms with Gasteiger partial charge in [-0.15, -0.1) is 0 Å². The summed E-state index contributed by atoms with van der Waals surface area (Å²) in [5.74, 6) is 0.610. The third-order valence-corrected chi connectivity index (χ3v) is 3.23. The maximum Gasteiger partial charge on any atom is 0.0947 e. The van der Waals surface area contributed by atoms with Crippen LogP contribution in [0.15, 0.2) is 23.0 Å². The summed E-state index contributed by atoms with van der Waals surface area (Å²) in [5.41, 5.74) is 1.22. The molecule has 0 aromatic carbocycles. The molecule has 2 rings (SSSR count). The van der Waals surface area contributed by atoms with Crippen molar-refractivity contribution in [2.45, 2.75) is 45.4 Å². The Morgan fingerprint density at radius 1 is 1.50 bits per heavy atom. The minimum absolute atomic E-state index is 0.413. The van der Waals surface area contributed by atoms with Gasteiger partial charge in [-0.25, -0.2) is 0 Å². The molecule has 0 bridgehead atoms. The molecule has 1 fully saturated rings. The highest BCUT2D eigenvalue weighted by Gasteiger charge is 2.24. The van der Waals surface area contributed by atoms with Crippen LogP contribution >= 0.6 is 0 Å². The molecule has 2 atom stereocenters. The number of rotatable bonds is 4. The van der Waals surface area contributed by atoms with Crippen LogP contribution in [-0.2, 0) is 11.3 Å². The highest BCUT2D eigenvalue weighted by molar-refractivity contribution is 5.04. The first-order chi connectivity index (χ1) is 7.75. The lowest BCUT2D eigenvalue weighted by atomic mass is 9.95. The second-order valence-corrected chi connectivity index (χ2v) is 4.89. The van der Waals surface area contributed by atoms with E-state index in [4.69, 9.17) is 9.15 Å². The van der Waals surface area contributed by atoms with E-state index in [1.807, 2.05) is 6.07 Å². The Hall–Kier alpha value is -0.800. The third kappa shape index (κ3) is 3.09. The number of nitrogens with one attached hydrogen (secondary N) is 1. The molecule has 2 heterocycles. The highest BCUT2D eigenvalue weighted by Crippen LogP contribution is 2.20. The maximum atomic E-state index is 5.75. The molecule has 0 aliphatic carbocycles. The molecule has 0 amide bonds. The predicted octanol–water partition coefficient (Wildman–Crippen LogP) is 2.57. The van der Waals surface area contributed by atoms with Gasteiger partial charge in [0, 0.05) is 24.8 Å². The van der Waals surface area contributed by atoms with E-state index in [0.29, 0.717) is 18.1 Å². The summed E-state index contributed by atoms with van der Waals surface area (Å²) >= 11 is 0. The van der Waals surface area contributed by atoms with Crippen LogP contribution < -0.4 is 5.32 Å². The molecule has 3 heteroatoms. The summed E-state index contributed by atoms with van der Waals surface area (Å²) in [7, 11) is 0. The Bertz CT molecular complexity index is 295. The first-order valence-electron chi connectivity index (χ1n) is 6.12. The summed E-state index contributed by atoms with van der Waals surface area (Å²) in [6.07, 6.45) is 6.16. The lowest BCUT2D eigenvalue weighted by Gasteiger charge is -2.32. The fourth-order valence-corrected chi connectivity index (χ4v) is 2.13. The van der Waals surface area contributed by atoms with Crippen LogP contribution in [0.4, 0.5) is 0 Å². The molecule has 1 saturated heterocycles. The summed E-state index contributed by atoms with van der Waals surface area (Å²) in [4.78, 5) is 0. The van der Waals surface area contributed by atoms with Crippen molar-refractivity contribution in [2.24, 2.45) is 5.92 Å². The second kappa shape index (κ2) is 5.51. The molecule has 1 aliphatic rings. The molecule has 1 N–H and O–H groups in total. The van der Waals surface area contributed by atoms with E-state index in [1.165, 1.54) is 5.56 Å². The monoisotopic (exact) mass is 223 g/mol. The minimum Gasteiger partial charge on any atom is -0.472 e. The van der Waals surface area contributed by atoms with Gasteiger partial charge in [-0.1, -0.05) is 13.8 Å². The van der Waals surface area contributed by atoms with Crippen LogP contribution in [0.1, 0.15) is 32.3 Å². The Kier molecular flexibility index (Phi) is 4.02. The number of hydrogen-bond acceptors (Lipinski definition) is 3. The van der Waals surface area contributed by atoms with Crippen LogP contribution in [-0.4, -0.2) is 18.8 Å². The summed E-state index contributed by atoms with van der Waals surface area (Å²) in [6.45, 7) is 6.23. The molecular weight excluding hydrogens is 202 g/mol. The quantitative estimate of drug-likeness (QED) is 0.852. The molecule has 1 aliphatic heterocycles. The highest BCUT2D eigenvalue weighted by atomic mass is 16.5. The first kappa shape index (κ1) is 11.7. The van der Waals surface area contributed by atoms with Crippen LogP contribution in [0.3, 0.4) is 0 Å². The van der Waals surface area contributed by atoms with Crippen LogP contribution in [0.2, 0.25) is 0 Å².